The molecule has 0 radical (unpaired) electrons. The molecule has 0 saturated heterocycles. The first-order valence-corrected chi connectivity index (χ1v) is 6.39. The highest BCUT2D eigenvalue weighted by Gasteiger charge is 2.20. The summed E-state index contributed by atoms with van der Waals surface area (Å²) in [6, 6.07) is 3.10. The van der Waals surface area contributed by atoms with Crippen LogP contribution >= 0.6 is 12.2 Å². The number of nitrogens with zero attached hydrogens (tertiary/aromatic N) is 1. The number of rotatable bonds is 5. The van der Waals surface area contributed by atoms with Crippen LogP contribution < -0.4 is 10.6 Å². The van der Waals surface area contributed by atoms with Crippen molar-refractivity contribution in [3.05, 3.63) is 29.3 Å². The van der Waals surface area contributed by atoms with Gasteiger partial charge in [0.15, 0.2) is 11.6 Å². The SMILES string of the molecule is CCC(C)N(CC)c1ccc(C(N)=S)c(F)c1F. The van der Waals surface area contributed by atoms with Gasteiger partial charge in [0, 0.05) is 18.2 Å². The van der Waals surface area contributed by atoms with Gasteiger partial charge in [-0.3, -0.25) is 0 Å². The van der Waals surface area contributed by atoms with E-state index in [4.69, 9.17) is 5.73 Å². The van der Waals surface area contributed by atoms with Gasteiger partial charge in [-0.15, -0.1) is 0 Å². The van der Waals surface area contributed by atoms with E-state index in [0.717, 1.165) is 6.42 Å². The van der Waals surface area contributed by atoms with Crippen molar-refractivity contribution in [3.8, 4) is 0 Å². The van der Waals surface area contributed by atoms with E-state index in [1.165, 1.54) is 12.1 Å². The van der Waals surface area contributed by atoms with Crippen LogP contribution in [0.3, 0.4) is 0 Å². The Morgan fingerprint density at radius 3 is 2.39 bits per heavy atom. The summed E-state index contributed by atoms with van der Waals surface area (Å²) in [7, 11) is 0. The molecule has 0 heterocycles. The zero-order valence-electron chi connectivity index (χ0n) is 10.8. The Morgan fingerprint density at radius 2 is 1.94 bits per heavy atom. The molecule has 0 saturated carbocycles. The van der Waals surface area contributed by atoms with Crippen molar-refractivity contribution in [2.24, 2.45) is 5.73 Å². The molecule has 0 amide bonds. The monoisotopic (exact) mass is 272 g/mol. The van der Waals surface area contributed by atoms with E-state index < -0.39 is 11.6 Å². The molecule has 0 bridgehead atoms. The smallest absolute Gasteiger partial charge is 0.182 e. The van der Waals surface area contributed by atoms with Gasteiger partial charge in [-0.05, 0) is 32.4 Å². The summed E-state index contributed by atoms with van der Waals surface area (Å²) in [6.07, 6.45) is 0.853. The second kappa shape index (κ2) is 6.09. The van der Waals surface area contributed by atoms with Gasteiger partial charge < -0.3 is 10.6 Å². The van der Waals surface area contributed by atoms with Gasteiger partial charge >= 0.3 is 0 Å². The van der Waals surface area contributed by atoms with Crippen molar-refractivity contribution >= 4 is 22.9 Å². The fraction of sp³-hybridized carbons (Fsp3) is 0.462. The largest absolute Gasteiger partial charge is 0.389 e. The molecule has 0 fully saturated rings. The molecule has 1 unspecified atom stereocenters. The maximum Gasteiger partial charge on any atom is 0.182 e. The molecule has 0 aliphatic carbocycles. The van der Waals surface area contributed by atoms with E-state index in [1.54, 1.807) is 0 Å². The van der Waals surface area contributed by atoms with Crippen molar-refractivity contribution in [2.45, 2.75) is 33.2 Å². The highest BCUT2D eigenvalue weighted by molar-refractivity contribution is 7.80. The van der Waals surface area contributed by atoms with Crippen molar-refractivity contribution in [3.63, 3.8) is 0 Å². The third-order valence-corrected chi connectivity index (χ3v) is 3.32. The lowest BCUT2D eigenvalue weighted by Gasteiger charge is -2.30. The lowest BCUT2D eigenvalue weighted by Crippen LogP contribution is -2.33. The summed E-state index contributed by atoms with van der Waals surface area (Å²) in [5.41, 5.74) is 5.54. The molecule has 2 N–H and O–H groups in total. The molecule has 1 aromatic carbocycles. The van der Waals surface area contributed by atoms with Crippen molar-refractivity contribution in [1.29, 1.82) is 0 Å². The topological polar surface area (TPSA) is 29.3 Å². The zero-order valence-corrected chi connectivity index (χ0v) is 11.7. The van der Waals surface area contributed by atoms with Crippen LogP contribution in [0.25, 0.3) is 0 Å². The van der Waals surface area contributed by atoms with Gasteiger partial charge in [0.05, 0.1) is 5.69 Å². The minimum atomic E-state index is -0.971. The third-order valence-electron chi connectivity index (χ3n) is 3.10. The first-order chi connectivity index (χ1) is 8.43. The number of hydrogen-bond donors (Lipinski definition) is 1. The standard InChI is InChI=1S/C13H18F2N2S/c1-4-8(3)17(5-2)10-7-6-9(13(16)18)11(14)12(10)15/h6-8H,4-5H2,1-3H3,(H2,16,18). The number of nitrogens with two attached hydrogens (primary N) is 1. The molecular formula is C13H18F2N2S. The van der Waals surface area contributed by atoms with Crippen LogP contribution in [0.15, 0.2) is 12.1 Å². The van der Waals surface area contributed by atoms with Crippen LogP contribution in [-0.4, -0.2) is 17.6 Å². The molecular weight excluding hydrogens is 254 g/mol. The molecule has 5 heteroatoms. The predicted octanol–water partition coefficient (Wildman–Crippen LogP) is 3.22. The summed E-state index contributed by atoms with van der Waals surface area (Å²) in [6.45, 7) is 6.50. The molecule has 100 valence electrons. The first-order valence-electron chi connectivity index (χ1n) is 5.98. The van der Waals surface area contributed by atoms with Gasteiger partial charge in [0.1, 0.15) is 4.99 Å². The van der Waals surface area contributed by atoms with Gasteiger partial charge in [0.2, 0.25) is 0 Å². The number of thiocarbonyl (C=S) groups is 1. The molecule has 0 aliphatic rings. The normalized spacial score (nSPS) is 12.3. The maximum atomic E-state index is 14.0. The minimum Gasteiger partial charge on any atom is -0.389 e. The summed E-state index contributed by atoms with van der Waals surface area (Å²) in [5, 5.41) is 0. The summed E-state index contributed by atoms with van der Waals surface area (Å²) >= 11 is 4.68. The lowest BCUT2D eigenvalue weighted by molar-refractivity contribution is 0.499. The average Bonchev–Trinajstić information content (AvgIpc) is 2.34. The zero-order chi connectivity index (χ0) is 13.9. The summed E-state index contributed by atoms with van der Waals surface area (Å²) < 4.78 is 27.8. The first kappa shape index (κ1) is 14.8. The van der Waals surface area contributed by atoms with Crippen LogP contribution in [0, 0.1) is 11.6 Å². The van der Waals surface area contributed by atoms with E-state index in [-0.39, 0.29) is 22.3 Å². The van der Waals surface area contributed by atoms with Crippen LogP contribution in [0.1, 0.15) is 32.8 Å². The summed E-state index contributed by atoms with van der Waals surface area (Å²) in [4.78, 5) is 1.69. The van der Waals surface area contributed by atoms with Crippen molar-refractivity contribution in [1.82, 2.24) is 0 Å². The lowest BCUT2D eigenvalue weighted by atomic mass is 10.1. The third kappa shape index (κ3) is 2.77. The molecule has 1 rings (SSSR count). The summed E-state index contributed by atoms with van der Waals surface area (Å²) in [5.74, 6) is -1.86. The quantitative estimate of drug-likeness (QED) is 0.834. The van der Waals surface area contributed by atoms with E-state index >= 15 is 0 Å². The van der Waals surface area contributed by atoms with Crippen molar-refractivity contribution in [2.75, 3.05) is 11.4 Å². The Balaban J connectivity index is 3.26. The predicted molar refractivity (Wildman–Crippen MR) is 75.0 cm³/mol. The van der Waals surface area contributed by atoms with Gasteiger partial charge in [-0.1, -0.05) is 19.1 Å². The minimum absolute atomic E-state index is 0.0496. The number of anilines is 1. The molecule has 18 heavy (non-hydrogen) atoms. The maximum absolute atomic E-state index is 14.0. The number of halogens is 2. The second-order valence-electron chi connectivity index (χ2n) is 4.17. The Hall–Kier alpha value is -1.23. The Labute approximate surface area is 112 Å². The fourth-order valence-corrected chi connectivity index (χ4v) is 2.05. The van der Waals surface area contributed by atoms with Gasteiger partial charge in [-0.2, -0.15) is 0 Å². The average molecular weight is 272 g/mol. The fourth-order valence-electron chi connectivity index (χ4n) is 1.89. The van der Waals surface area contributed by atoms with E-state index in [0.29, 0.717) is 6.54 Å². The van der Waals surface area contributed by atoms with Crippen molar-refractivity contribution < 1.29 is 8.78 Å². The van der Waals surface area contributed by atoms with Crippen LogP contribution in [0.2, 0.25) is 0 Å². The Morgan fingerprint density at radius 1 is 1.33 bits per heavy atom. The Bertz CT molecular complexity index is 449. The highest BCUT2D eigenvalue weighted by Crippen LogP contribution is 2.26. The molecule has 1 aromatic rings. The molecule has 0 aromatic heterocycles. The molecule has 1 atom stereocenters. The van der Waals surface area contributed by atoms with Gasteiger partial charge in [0.25, 0.3) is 0 Å². The molecule has 2 nitrogen and oxygen atoms in total. The highest BCUT2D eigenvalue weighted by atomic mass is 32.1. The van der Waals surface area contributed by atoms with E-state index in [1.807, 2.05) is 25.7 Å². The second-order valence-corrected chi connectivity index (χ2v) is 4.61. The van der Waals surface area contributed by atoms with Gasteiger partial charge in [-0.25, -0.2) is 8.78 Å². The Kier molecular flexibility index (Phi) is 5.02. The van der Waals surface area contributed by atoms with E-state index in [9.17, 15) is 8.78 Å². The molecule has 0 aliphatic heterocycles. The number of benzene rings is 1. The van der Waals surface area contributed by atoms with E-state index in [2.05, 4.69) is 12.2 Å². The van der Waals surface area contributed by atoms with Crippen LogP contribution in [-0.2, 0) is 0 Å². The number of hydrogen-bond acceptors (Lipinski definition) is 2. The molecule has 0 spiro atoms. The van der Waals surface area contributed by atoms with Crippen LogP contribution in [0.4, 0.5) is 14.5 Å². The van der Waals surface area contributed by atoms with Crippen LogP contribution in [0.5, 0.6) is 0 Å².